The van der Waals surface area contributed by atoms with Crippen molar-refractivity contribution in [3.05, 3.63) is 0 Å². The highest BCUT2D eigenvalue weighted by molar-refractivity contribution is 6.74. The number of nitrogens with zero attached hydrogens (tertiary/aromatic N) is 1. The van der Waals surface area contributed by atoms with Crippen LogP contribution in [-0.2, 0) is 4.43 Å². The van der Waals surface area contributed by atoms with Gasteiger partial charge in [0.2, 0.25) is 0 Å². The first kappa shape index (κ1) is 12.7. The van der Waals surface area contributed by atoms with Crippen molar-refractivity contribution in [2.24, 2.45) is 5.92 Å². The van der Waals surface area contributed by atoms with Crippen molar-refractivity contribution in [1.82, 2.24) is 0 Å². The van der Waals surface area contributed by atoms with E-state index in [2.05, 4.69) is 39.9 Å². The lowest BCUT2D eigenvalue weighted by Gasteiger charge is -2.44. The summed E-state index contributed by atoms with van der Waals surface area (Å²) in [5, 5.41) is 8.87. The Morgan fingerprint density at radius 2 is 1.87 bits per heavy atom. The Morgan fingerprint density at radius 1 is 1.33 bits per heavy atom. The molecule has 1 rings (SSSR count). The molecular weight excluding hydrogens is 202 g/mol. The average molecular weight is 225 g/mol. The smallest absolute Gasteiger partial charge is 0.192 e. The fourth-order valence-electron chi connectivity index (χ4n) is 1.66. The summed E-state index contributed by atoms with van der Waals surface area (Å²) in [5.74, 6) is 0.602. The zero-order valence-corrected chi connectivity index (χ0v) is 11.6. The van der Waals surface area contributed by atoms with Crippen molar-refractivity contribution in [2.45, 2.75) is 64.3 Å². The highest BCUT2D eigenvalue weighted by atomic mass is 28.4. The van der Waals surface area contributed by atoms with Crippen LogP contribution in [0, 0.1) is 17.2 Å². The molecule has 3 heteroatoms. The largest absolute Gasteiger partial charge is 0.414 e. The van der Waals surface area contributed by atoms with Gasteiger partial charge in [-0.3, -0.25) is 0 Å². The molecule has 0 spiro atoms. The van der Waals surface area contributed by atoms with Crippen LogP contribution in [-0.4, -0.2) is 14.4 Å². The van der Waals surface area contributed by atoms with E-state index in [0.29, 0.717) is 23.5 Å². The van der Waals surface area contributed by atoms with Crippen LogP contribution in [0.25, 0.3) is 0 Å². The fraction of sp³-hybridized carbons (Fsp3) is 0.917. The quantitative estimate of drug-likeness (QED) is 0.686. The minimum atomic E-state index is -1.57. The molecule has 0 aliphatic heterocycles. The predicted molar refractivity (Wildman–Crippen MR) is 65.0 cm³/mol. The van der Waals surface area contributed by atoms with E-state index < -0.39 is 8.32 Å². The van der Waals surface area contributed by atoms with Gasteiger partial charge in [-0.15, -0.1) is 0 Å². The van der Waals surface area contributed by atoms with Crippen molar-refractivity contribution in [1.29, 1.82) is 5.26 Å². The van der Waals surface area contributed by atoms with Crippen LogP contribution in [0.1, 0.15) is 40.0 Å². The van der Waals surface area contributed by atoms with Gasteiger partial charge in [0, 0.05) is 12.5 Å². The molecule has 0 aromatic carbocycles. The normalized spacial score (nSPS) is 26.9. The molecule has 0 aromatic rings. The van der Waals surface area contributed by atoms with Gasteiger partial charge >= 0.3 is 0 Å². The van der Waals surface area contributed by atoms with Crippen molar-refractivity contribution in [2.75, 3.05) is 0 Å². The first-order valence-corrected chi connectivity index (χ1v) is 8.72. The number of hydrogen-bond acceptors (Lipinski definition) is 2. The Balaban J connectivity index is 2.36. The summed E-state index contributed by atoms with van der Waals surface area (Å²) in [5.41, 5.74) is 0. The van der Waals surface area contributed by atoms with Gasteiger partial charge in [0.05, 0.1) is 6.07 Å². The zero-order valence-electron chi connectivity index (χ0n) is 10.6. The zero-order chi connectivity index (χ0) is 11.7. The van der Waals surface area contributed by atoms with Gasteiger partial charge in [-0.25, -0.2) is 0 Å². The van der Waals surface area contributed by atoms with Gasteiger partial charge in [-0.2, -0.15) is 5.26 Å². The lowest BCUT2D eigenvalue weighted by Crippen LogP contribution is -2.47. The maximum Gasteiger partial charge on any atom is 0.192 e. The Morgan fingerprint density at radius 3 is 2.27 bits per heavy atom. The third-order valence-electron chi connectivity index (χ3n) is 3.84. The molecule has 0 N–H and O–H groups in total. The summed E-state index contributed by atoms with van der Waals surface area (Å²) < 4.78 is 6.24. The molecule has 0 saturated heterocycles. The summed E-state index contributed by atoms with van der Waals surface area (Å²) in [4.78, 5) is 0. The second kappa shape index (κ2) is 4.27. The molecule has 0 aromatic heterocycles. The molecule has 0 unspecified atom stereocenters. The van der Waals surface area contributed by atoms with Crippen LogP contribution in [0.4, 0.5) is 0 Å². The maximum absolute atomic E-state index is 8.57. The first-order valence-electron chi connectivity index (χ1n) is 5.81. The molecule has 2 nitrogen and oxygen atoms in total. The Labute approximate surface area is 94.8 Å². The van der Waals surface area contributed by atoms with E-state index in [-0.39, 0.29) is 0 Å². The molecule has 1 aliphatic rings. The summed E-state index contributed by atoms with van der Waals surface area (Å²) in [6, 6.07) is 2.24. The molecular formula is C12H23NOSi. The van der Waals surface area contributed by atoms with Crippen LogP contribution < -0.4 is 0 Å². The molecule has 0 bridgehead atoms. The second-order valence-corrected chi connectivity index (χ2v) is 11.0. The van der Waals surface area contributed by atoms with Crippen LogP contribution in [0.15, 0.2) is 0 Å². The van der Waals surface area contributed by atoms with Crippen LogP contribution in [0.5, 0.6) is 0 Å². The minimum absolute atomic E-state index is 0.299. The topological polar surface area (TPSA) is 33.0 Å². The van der Waals surface area contributed by atoms with Gasteiger partial charge in [-0.05, 0) is 36.9 Å². The van der Waals surface area contributed by atoms with Gasteiger partial charge < -0.3 is 4.43 Å². The van der Waals surface area contributed by atoms with Crippen LogP contribution >= 0.6 is 0 Å². The Kier molecular flexibility index (Phi) is 3.62. The Hall–Kier alpha value is -0.333. The second-order valence-electron chi connectivity index (χ2n) is 6.20. The predicted octanol–water partition coefficient (Wildman–Crippen LogP) is 3.70. The Bertz CT molecular complexity index is 256. The van der Waals surface area contributed by atoms with Crippen molar-refractivity contribution in [3.63, 3.8) is 0 Å². The molecule has 0 amide bonds. The highest BCUT2D eigenvalue weighted by Gasteiger charge is 2.42. The average Bonchev–Trinajstić information content (AvgIpc) is 1.98. The van der Waals surface area contributed by atoms with E-state index >= 15 is 0 Å². The molecule has 0 heterocycles. The fourth-order valence-corrected chi connectivity index (χ4v) is 3.04. The third kappa shape index (κ3) is 3.06. The third-order valence-corrected chi connectivity index (χ3v) is 8.37. The van der Waals surface area contributed by atoms with E-state index in [9.17, 15) is 0 Å². The summed E-state index contributed by atoms with van der Waals surface area (Å²) >= 11 is 0. The van der Waals surface area contributed by atoms with Crippen molar-refractivity contribution < 1.29 is 4.43 Å². The van der Waals surface area contributed by atoms with E-state index in [1.807, 2.05) is 0 Å². The lowest BCUT2D eigenvalue weighted by molar-refractivity contribution is 0.0547. The van der Waals surface area contributed by atoms with Gasteiger partial charge in [0.15, 0.2) is 8.32 Å². The van der Waals surface area contributed by atoms with Crippen molar-refractivity contribution >= 4 is 8.32 Å². The molecule has 0 radical (unpaired) electrons. The summed E-state index contributed by atoms with van der Waals surface area (Å²) in [6.45, 7) is 11.4. The number of nitriles is 1. The molecule has 1 aliphatic carbocycles. The SMILES string of the molecule is CC(C)(C)[Si](C)(C)OC1CC(CC#N)C1. The van der Waals surface area contributed by atoms with E-state index in [1.165, 1.54) is 0 Å². The highest BCUT2D eigenvalue weighted by Crippen LogP contribution is 2.42. The van der Waals surface area contributed by atoms with E-state index in [0.717, 1.165) is 12.8 Å². The molecule has 1 saturated carbocycles. The summed E-state index contributed by atoms with van der Waals surface area (Å²) in [7, 11) is -1.57. The number of rotatable bonds is 3. The van der Waals surface area contributed by atoms with Crippen molar-refractivity contribution in [3.8, 4) is 6.07 Å². The van der Waals surface area contributed by atoms with Crippen LogP contribution in [0.2, 0.25) is 18.1 Å². The van der Waals surface area contributed by atoms with Crippen LogP contribution in [0.3, 0.4) is 0 Å². The minimum Gasteiger partial charge on any atom is -0.414 e. The first-order chi connectivity index (χ1) is 6.76. The summed E-state index contributed by atoms with van der Waals surface area (Å²) in [6.07, 6.45) is 3.33. The van der Waals surface area contributed by atoms with Gasteiger partial charge in [-0.1, -0.05) is 20.8 Å². The van der Waals surface area contributed by atoms with E-state index in [4.69, 9.17) is 9.69 Å². The molecule has 86 valence electrons. The van der Waals surface area contributed by atoms with Gasteiger partial charge in [0.1, 0.15) is 0 Å². The molecule has 1 fully saturated rings. The lowest BCUT2D eigenvalue weighted by atomic mass is 9.81. The monoisotopic (exact) mass is 225 g/mol. The van der Waals surface area contributed by atoms with Gasteiger partial charge in [0.25, 0.3) is 0 Å². The van der Waals surface area contributed by atoms with E-state index in [1.54, 1.807) is 0 Å². The molecule has 15 heavy (non-hydrogen) atoms. The maximum atomic E-state index is 8.57. The molecule has 0 atom stereocenters. The number of hydrogen-bond donors (Lipinski definition) is 0. The standard InChI is InChI=1S/C12H23NOSi/c1-12(2,3)15(4,5)14-11-8-10(9-11)6-7-13/h10-11H,6,8-9H2,1-5H3.